The maximum Gasteiger partial charge on any atom is 0.227 e. The van der Waals surface area contributed by atoms with E-state index in [1.54, 1.807) is 6.20 Å². The first-order valence-electron chi connectivity index (χ1n) is 10.4. The molecule has 1 N–H and O–H groups in total. The number of hydrogen-bond donors (Lipinski definition) is 1. The average Bonchev–Trinajstić information content (AvgIpc) is 2.76. The molecule has 0 bridgehead atoms. The molecule has 0 saturated carbocycles. The van der Waals surface area contributed by atoms with Gasteiger partial charge >= 0.3 is 0 Å². The SMILES string of the molecule is Cc1ccc2ncc(C#N)c(N3CCC(C(=O)Nc4cccc(C)c4C)CC3)c2c1. The molecule has 0 unspecified atom stereocenters. The lowest BCUT2D eigenvalue weighted by atomic mass is 9.94. The van der Waals surface area contributed by atoms with Crippen LogP contribution >= 0.6 is 0 Å². The fourth-order valence-corrected chi connectivity index (χ4v) is 4.20. The van der Waals surface area contributed by atoms with E-state index < -0.39 is 0 Å². The number of carbonyl (C=O) groups is 1. The molecule has 0 aliphatic carbocycles. The minimum absolute atomic E-state index is 0.0264. The first-order valence-corrected chi connectivity index (χ1v) is 10.4. The van der Waals surface area contributed by atoms with Gasteiger partial charge in [-0.3, -0.25) is 9.78 Å². The number of piperidine rings is 1. The summed E-state index contributed by atoms with van der Waals surface area (Å²) in [5.41, 5.74) is 6.75. The highest BCUT2D eigenvalue weighted by Gasteiger charge is 2.27. The molecular weight excluding hydrogens is 372 g/mol. The molecule has 5 heteroatoms. The van der Waals surface area contributed by atoms with Crippen LogP contribution in [0.2, 0.25) is 0 Å². The van der Waals surface area contributed by atoms with Crippen LogP contribution in [0.15, 0.2) is 42.6 Å². The number of amides is 1. The van der Waals surface area contributed by atoms with Crippen LogP contribution in [0.3, 0.4) is 0 Å². The highest BCUT2D eigenvalue weighted by molar-refractivity contribution is 5.96. The van der Waals surface area contributed by atoms with Crippen molar-refractivity contribution in [2.45, 2.75) is 33.6 Å². The van der Waals surface area contributed by atoms with Crippen LogP contribution in [-0.2, 0) is 4.79 Å². The number of benzene rings is 2. The molecule has 3 aromatic rings. The molecule has 152 valence electrons. The topological polar surface area (TPSA) is 69.0 Å². The van der Waals surface area contributed by atoms with Gasteiger partial charge in [-0.2, -0.15) is 5.26 Å². The number of rotatable bonds is 3. The van der Waals surface area contributed by atoms with Gasteiger partial charge in [0.15, 0.2) is 0 Å². The van der Waals surface area contributed by atoms with Gasteiger partial charge in [-0.25, -0.2) is 0 Å². The fourth-order valence-electron chi connectivity index (χ4n) is 4.20. The van der Waals surface area contributed by atoms with Gasteiger partial charge in [0.1, 0.15) is 6.07 Å². The number of anilines is 2. The highest BCUT2D eigenvalue weighted by atomic mass is 16.1. The first kappa shape index (κ1) is 19.9. The standard InChI is InChI=1S/C25H26N4O/c1-16-7-8-23-21(13-16)24(20(14-26)15-27-23)29-11-9-19(10-12-29)25(30)28-22-6-4-5-17(2)18(22)3/h4-8,13,15,19H,9-12H2,1-3H3,(H,28,30). The van der Waals surface area contributed by atoms with Gasteiger partial charge in [0.05, 0.1) is 16.8 Å². The van der Waals surface area contributed by atoms with Gasteiger partial charge < -0.3 is 10.2 Å². The summed E-state index contributed by atoms with van der Waals surface area (Å²) < 4.78 is 0. The monoisotopic (exact) mass is 398 g/mol. The second-order valence-corrected chi connectivity index (χ2v) is 8.15. The Balaban J connectivity index is 1.52. The molecule has 2 aromatic carbocycles. The maximum absolute atomic E-state index is 12.9. The van der Waals surface area contributed by atoms with E-state index in [1.165, 1.54) is 5.56 Å². The third-order valence-corrected chi connectivity index (χ3v) is 6.16. The van der Waals surface area contributed by atoms with Crippen molar-refractivity contribution in [1.82, 2.24) is 4.98 Å². The molecule has 1 fully saturated rings. The lowest BCUT2D eigenvalue weighted by molar-refractivity contribution is -0.120. The normalized spacial score (nSPS) is 14.5. The Morgan fingerprint density at radius 3 is 2.67 bits per heavy atom. The number of aromatic nitrogens is 1. The van der Waals surface area contributed by atoms with Crippen LogP contribution in [0, 0.1) is 38.0 Å². The van der Waals surface area contributed by atoms with E-state index in [1.807, 2.05) is 38.1 Å². The van der Waals surface area contributed by atoms with Gasteiger partial charge in [-0.15, -0.1) is 0 Å². The van der Waals surface area contributed by atoms with Crippen LogP contribution < -0.4 is 10.2 Å². The van der Waals surface area contributed by atoms with Gasteiger partial charge in [-0.1, -0.05) is 23.8 Å². The summed E-state index contributed by atoms with van der Waals surface area (Å²) in [6, 6.07) is 14.4. The molecule has 5 nitrogen and oxygen atoms in total. The number of nitrogens with one attached hydrogen (secondary N) is 1. The Morgan fingerprint density at radius 1 is 1.17 bits per heavy atom. The minimum Gasteiger partial charge on any atom is -0.370 e. The summed E-state index contributed by atoms with van der Waals surface area (Å²) in [6.45, 7) is 7.62. The van der Waals surface area contributed by atoms with E-state index in [0.717, 1.165) is 59.3 Å². The van der Waals surface area contributed by atoms with E-state index in [2.05, 4.69) is 40.3 Å². The predicted molar refractivity (Wildman–Crippen MR) is 121 cm³/mol. The Hall–Kier alpha value is -3.39. The van der Waals surface area contributed by atoms with Gasteiger partial charge in [0, 0.05) is 36.3 Å². The number of hydrogen-bond acceptors (Lipinski definition) is 4. The zero-order valence-electron chi connectivity index (χ0n) is 17.7. The Morgan fingerprint density at radius 2 is 1.93 bits per heavy atom. The van der Waals surface area contributed by atoms with Crippen LogP contribution in [0.4, 0.5) is 11.4 Å². The zero-order valence-corrected chi connectivity index (χ0v) is 17.7. The summed E-state index contributed by atoms with van der Waals surface area (Å²) in [5, 5.41) is 13.8. The molecule has 1 amide bonds. The van der Waals surface area contributed by atoms with Gasteiger partial charge in [0.25, 0.3) is 0 Å². The third kappa shape index (κ3) is 3.73. The molecule has 4 rings (SSSR count). The number of pyridine rings is 1. The summed E-state index contributed by atoms with van der Waals surface area (Å²) in [6.07, 6.45) is 3.18. The van der Waals surface area contributed by atoms with Crippen LogP contribution in [0.25, 0.3) is 10.9 Å². The molecule has 1 aliphatic heterocycles. The van der Waals surface area contributed by atoms with Crippen molar-refractivity contribution in [2.24, 2.45) is 5.92 Å². The molecule has 0 atom stereocenters. The second kappa shape index (κ2) is 8.16. The van der Waals surface area contributed by atoms with Crippen molar-refractivity contribution in [3.05, 3.63) is 64.8 Å². The second-order valence-electron chi connectivity index (χ2n) is 8.15. The summed E-state index contributed by atoms with van der Waals surface area (Å²) >= 11 is 0. The van der Waals surface area contributed by atoms with Crippen LogP contribution in [-0.4, -0.2) is 24.0 Å². The van der Waals surface area contributed by atoms with E-state index in [-0.39, 0.29) is 11.8 Å². The van der Waals surface area contributed by atoms with Crippen LogP contribution in [0.5, 0.6) is 0 Å². The number of aryl methyl sites for hydroxylation is 2. The average molecular weight is 399 g/mol. The van der Waals surface area contributed by atoms with E-state index in [9.17, 15) is 10.1 Å². The molecule has 0 radical (unpaired) electrons. The summed E-state index contributed by atoms with van der Waals surface area (Å²) in [5.74, 6) is 0.0563. The van der Waals surface area contributed by atoms with Crippen molar-refractivity contribution < 1.29 is 4.79 Å². The minimum atomic E-state index is -0.0264. The van der Waals surface area contributed by atoms with Gasteiger partial charge in [0.2, 0.25) is 5.91 Å². The van der Waals surface area contributed by atoms with Crippen molar-refractivity contribution in [3.8, 4) is 6.07 Å². The lowest BCUT2D eigenvalue weighted by Gasteiger charge is -2.34. The Kier molecular flexibility index (Phi) is 5.41. The molecular formula is C25H26N4O. The van der Waals surface area contributed by atoms with Crippen LogP contribution in [0.1, 0.15) is 35.1 Å². The highest BCUT2D eigenvalue weighted by Crippen LogP contribution is 2.33. The third-order valence-electron chi connectivity index (χ3n) is 6.16. The molecule has 0 spiro atoms. The van der Waals surface area contributed by atoms with Crippen molar-refractivity contribution in [3.63, 3.8) is 0 Å². The molecule has 1 saturated heterocycles. The number of nitriles is 1. The molecule has 30 heavy (non-hydrogen) atoms. The predicted octanol–water partition coefficient (Wildman–Crippen LogP) is 4.89. The lowest BCUT2D eigenvalue weighted by Crippen LogP contribution is -2.38. The maximum atomic E-state index is 12.9. The largest absolute Gasteiger partial charge is 0.370 e. The summed E-state index contributed by atoms with van der Waals surface area (Å²) in [4.78, 5) is 19.5. The molecule has 2 heterocycles. The number of fused-ring (bicyclic) bond motifs is 1. The molecule has 1 aromatic heterocycles. The van der Waals surface area contributed by atoms with E-state index in [0.29, 0.717) is 5.56 Å². The zero-order chi connectivity index (χ0) is 21.3. The van der Waals surface area contributed by atoms with E-state index >= 15 is 0 Å². The van der Waals surface area contributed by atoms with Crippen molar-refractivity contribution in [1.29, 1.82) is 5.26 Å². The van der Waals surface area contributed by atoms with Crippen molar-refractivity contribution in [2.75, 3.05) is 23.3 Å². The summed E-state index contributed by atoms with van der Waals surface area (Å²) in [7, 11) is 0. The first-order chi connectivity index (χ1) is 14.5. The fraction of sp³-hybridized carbons (Fsp3) is 0.320. The van der Waals surface area contributed by atoms with E-state index in [4.69, 9.17) is 0 Å². The van der Waals surface area contributed by atoms with Gasteiger partial charge in [-0.05, 0) is 62.9 Å². The Labute approximate surface area is 177 Å². The number of carbonyl (C=O) groups excluding carboxylic acids is 1. The molecule has 1 aliphatic rings. The smallest absolute Gasteiger partial charge is 0.227 e. The van der Waals surface area contributed by atoms with Crippen molar-refractivity contribution >= 4 is 28.2 Å². The number of nitrogens with zero attached hydrogens (tertiary/aromatic N) is 3. The Bertz CT molecular complexity index is 1150. The quantitative estimate of drug-likeness (QED) is 0.682.